The van der Waals surface area contributed by atoms with Gasteiger partial charge in [0.15, 0.2) is 0 Å². The minimum Gasteiger partial charge on any atom is -0.497 e. The van der Waals surface area contributed by atoms with Crippen LogP contribution in [0.2, 0.25) is 0 Å². The molecular weight excluding hydrogens is 327 g/mol. The molecule has 2 aromatic carbocycles. The predicted octanol–water partition coefficient (Wildman–Crippen LogP) is 4.05. The van der Waals surface area contributed by atoms with Gasteiger partial charge in [-0.3, -0.25) is 0 Å². The molecule has 3 nitrogen and oxygen atoms in total. The number of benzene rings is 2. The highest BCUT2D eigenvalue weighted by molar-refractivity contribution is 9.10. The maximum absolute atomic E-state index is 13.1. The Balaban J connectivity index is 1.78. The molecular formula is C15H14BrFO3. The van der Waals surface area contributed by atoms with E-state index in [4.69, 9.17) is 14.2 Å². The van der Waals surface area contributed by atoms with Crippen LogP contribution in [0.5, 0.6) is 17.2 Å². The first-order valence-electron chi connectivity index (χ1n) is 6.03. The molecule has 0 aliphatic carbocycles. The molecule has 0 N–H and O–H groups in total. The molecule has 0 saturated carbocycles. The number of hydrogen-bond acceptors (Lipinski definition) is 3. The van der Waals surface area contributed by atoms with E-state index in [1.54, 1.807) is 13.2 Å². The van der Waals surface area contributed by atoms with Gasteiger partial charge in [-0.15, -0.1) is 0 Å². The van der Waals surface area contributed by atoms with Gasteiger partial charge >= 0.3 is 0 Å². The Morgan fingerprint density at radius 2 is 1.50 bits per heavy atom. The molecule has 20 heavy (non-hydrogen) atoms. The molecule has 0 unspecified atom stereocenters. The molecule has 0 aromatic heterocycles. The first-order valence-corrected chi connectivity index (χ1v) is 6.82. The summed E-state index contributed by atoms with van der Waals surface area (Å²) in [7, 11) is 1.61. The van der Waals surface area contributed by atoms with E-state index < -0.39 is 0 Å². The van der Waals surface area contributed by atoms with Crippen molar-refractivity contribution in [2.75, 3.05) is 20.3 Å². The lowest BCUT2D eigenvalue weighted by molar-refractivity contribution is 0.216. The lowest BCUT2D eigenvalue weighted by Crippen LogP contribution is -2.09. The van der Waals surface area contributed by atoms with Crippen LogP contribution in [-0.2, 0) is 0 Å². The summed E-state index contributed by atoms with van der Waals surface area (Å²) in [6.45, 7) is 0.711. The van der Waals surface area contributed by atoms with Gasteiger partial charge in [0.05, 0.1) is 7.11 Å². The zero-order valence-corrected chi connectivity index (χ0v) is 12.5. The second kappa shape index (κ2) is 7.14. The fraction of sp³-hybridized carbons (Fsp3) is 0.200. The fourth-order valence-corrected chi connectivity index (χ4v) is 2.05. The van der Waals surface area contributed by atoms with Crippen LogP contribution in [0.4, 0.5) is 4.39 Å². The van der Waals surface area contributed by atoms with Crippen LogP contribution in [0, 0.1) is 5.82 Å². The lowest BCUT2D eigenvalue weighted by Gasteiger charge is -2.09. The molecule has 2 aromatic rings. The van der Waals surface area contributed by atoms with Crippen molar-refractivity contribution in [3.05, 3.63) is 52.8 Å². The second-order valence-corrected chi connectivity index (χ2v) is 4.89. The van der Waals surface area contributed by atoms with Crippen LogP contribution in [-0.4, -0.2) is 20.3 Å². The van der Waals surface area contributed by atoms with Crippen molar-refractivity contribution in [3.63, 3.8) is 0 Å². The van der Waals surface area contributed by atoms with Crippen molar-refractivity contribution >= 4 is 15.9 Å². The van der Waals surface area contributed by atoms with Crippen molar-refractivity contribution < 1.29 is 18.6 Å². The van der Waals surface area contributed by atoms with Gasteiger partial charge in [-0.2, -0.15) is 0 Å². The molecule has 0 aliphatic heterocycles. The molecule has 0 fully saturated rings. The van der Waals surface area contributed by atoms with Crippen LogP contribution >= 0.6 is 15.9 Å². The molecule has 0 amide bonds. The van der Waals surface area contributed by atoms with Crippen LogP contribution in [0.15, 0.2) is 46.9 Å². The van der Waals surface area contributed by atoms with Crippen molar-refractivity contribution in [2.24, 2.45) is 0 Å². The van der Waals surface area contributed by atoms with Crippen molar-refractivity contribution in [1.82, 2.24) is 0 Å². The van der Waals surface area contributed by atoms with E-state index in [2.05, 4.69) is 15.9 Å². The molecule has 2 rings (SSSR count). The molecule has 0 aliphatic rings. The summed E-state index contributed by atoms with van der Waals surface area (Å²) in [4.78, 5) is 0. The molecule has 0 spiro atoms. The molecule has 0 bridgehead atoms. The molecule has 0 atom stereocenters. The highest BCUT2D eigenvalue weighted by Crippen LogP contribution is 2.21. The van der Waals surface area contributed by atoms with Gasteiger partial charge in [-0.05, 0) is 36.4 Å². The molecule has 0 heterocycles. The zero-order chi connectivity index (χ0) is 14.4. The van der Waals surface area contributed by atoms with E-state index in [0.29, 0.717) is 23.4 Å². The second-order valence-electron chi connectivity index (χ2n) is 3.98. The maximum atomic E-state index is 13.1. The Morgan fingerprint density at radius 3 is 2.10 bits per heavy atom. The van der Waals surface area contributed by atoms with E-state index in [1.807, 2.05) is 24.3 Å². The Hall–Kier alpha value is -1.75. The van der Waals surface area contributed by atoms with E-state index in [-0.39, 0.29) is 5.82 Å². The van der Waals surface area contributed by atoms with Gasteiger partial charge in [0.25, 0.3) is 0 Å². The topological polar surface area (TPSA) is 27.7 Å². The summed E-state index contributed by atoms with van der Waals surface area (Å²) in [5, 5.41) is 0. The highest BCUT2D eigenvalue weighted by Gasteiger charge is 2.00. The van der Waals surface area contributed by atoms with Gasteiger partial charge in [-0.25, -0.2) is 4.39 Å². The largest absolute Gasteiger partial charge is 0.497 e. The number of ether oxygens (including phenoxy) is 3. The summed E-state index contributed by atoms with van der Waals surface area (Å²) in [5.41, 5.74) is 0. The third-order valence-electron chi connectivity index (χ3n) is 2.52. The number of halogens is 2. The Kier molecular flexibility index (Phi) is 5.24. The van der Waals surface area contributed by atoms with Gasteiger partial charge in [0, 0.05) is 10.5 Å². The first-order chi connectivity index (χ1) is 9.67. The summed E-state index contributed by atoms with van der Waals surface area (Å²) in [6, 6.07) is 11.7. The van der Waals surface area contributed by atoms with Crippen LogP contribution in [0.1, 0.15) is 0 Å². The van der Waals surface area contributed by atoms with Gasteiger partial charge in [0.1, 0.15) is 36.3 Å². The predicted molar refractivity (Wildman–Crippen MR) is 78.1 cm³/mol. The summed E-state index contributed by atoms with van der Waals surface area (Å²) in [5.74, 6) is 1.63. The Labute approximate surface area is 125 Å². The van der Waals surface area contributed by atoms with Crippen LogP contribution < -0.4 is 14.2 Å². The number of methoxy groups -OCH3 is 1. The van der Waals surface area contributed by atoms with Crippen molar-refractivity contribution in [1.29, 1.82) is 0 Å². The van der Waals surface area contributed by atoms with Crippen molar-refractivity contribution in [3.8, 4) is 17.2 Å². The zero-order valence-electron chi connectivity index (χ0n) is 10.9. The molecule has 0 saturated heterocycles. The van der Waals surface area contributed by atoms with E-state index >= 15 is 0 Å². The molecule has 5 heteroatoms. The smallest absolute Gasteiger partial charge is 0.128 e. The minimum atomic E-state index is -0.342. The van der Waals surface area contributed by atoms with Crippen LogP contribution in [0.3, 0.4) is 0 Å². The van der Waals surface area contributed by atoms with Crippen LogP contribution in [0.25, 0.3) is 0 Å². The average molecular weight is 341 g/mol. The van der Waals surface area contributed by atoms with E-state index in [0.717, 1.165) is 11.5 Å². The normalized spacial score (nSPS) is 10.2. The number of rotatable bonds is 6. The first kappa shape index (κ1) is 14.7. The Morgan fingerprint density at radius 1 is 0.900 bits per heavy atom. The maximum Gasteiger partial charge on any atom is 0.128 e. The SMILES string of the molecule is COc1ccc(OCCOc2cc(F)cc(Br)c2)cc1. The molecule has 106 valence electrons. The summed E-state index contributed by atoms with van der Waals surface area (Å²) >= 11 is 3.21. The van der Waals surface area contributed by atoms with Gasteiger partial charge in [0.2, 0.25) is 0 Å². The quantitative estimate of drug-likeness (QED) is 0.742. The third kappa shape index (κ3) is 4.42. The summed E-state index contributed by atoms with van der Waals surface area (Å²) in [6.07, 6.45) is 0. The molecule has 0 radical (unpaired) electrons. The Bertz CT molecular complexity index is 537. The average Bonchev–Trinajstić information content (AvgIpc) is 2.43. The standard InChI is InChI=1S/C15H14BrFO3/c1-18-13-2-4-14(5-3-13)19-6-7-20-15-9-11(16)8-12(17)10-15/h2-5,8-10H,6-7H2,1H3. The third-order valence-corrected chi connectivity index (χ3v) is 2.97. The minimum absolute atomic E-state index is 0.335. The van der Waals surface area contributed by atoms with Gasteiger partial charge in [-0.1, -0.05) is 15.9 Å². The van der Waals surface area contributed by atoms with Gasteiger partial charge < -0.3 is 14.2 Å². The fourth-order valence-electron chi connectivity index (χ4n) is 1.60. The summed E-state index contributed by atoms with van der Waals surface area (Å²) < 4.78 is 29.7. The van der Waals surface area contributed by atoms with E-state index in [1.165, 1.54) is 12.1 Å². The number of hydrogen-bond donors (Lipinski definition) is 0. The lowest BCUT2D eigenvalue weighted by atomic mass is 10.3. The van der Waals surface area contributed by atoms with Crippen molar-refractivity contribution in [2.45, 2.75) is 0 Å². The van der Waals surface area contributed by atoms with E-state index in [9.17, 15) is 4.39 Å². The highest BCUT2D eigenvalue weighted by atomic mass is 79.9. The monoisotopic (exact) mass is 340 g/mol.